The fourth-order valence-corrected chi connectivity index (χ4v) is 5.57. The number of amides is 1. The van der Waals surface area contributed by atoms with E-state index in [9.17, 15) is 9.59 Å². The summed E-state index contributed by atoms with van der Waals surface area (Å²) in [5.41, 5.74) is 2.69. The quantitative estimate of drug-likeness (QED) is 0.396. The summed E-state index contributed by atoms with van der Waals surface area (Å²) in [6, 6.07) is 8.09. The van der Waals surface area contributed by atoms with Crippen LogP contribution in [0.25, 0.3) is 10.3 Å². The van der Waals surface area contributed by atoms with Gasteiger partial charge in [0.05, 0.1) is 5.75 Å². The summed E-state index contributed by atoms with van der Waals surface area (Å²) in [6.07, 6.45) is 4.37. The van der Waals surface area contributed by atoms with Crippen LogP contribution >= 0.6 is 23.1 Å². The Hall–Kier alpha value is -2.39. The van der Waals surface area contributed by atoms with Crippen molar-refractivity contribution in [1.82, 2.24) is 19.9 Å². The molecule has 170 valence electrons. The number of carbonyl (C=O) groups is 1. The van der Waals surface area contributed by atoms with E-state index < -0.39 is 0 Å². The summed E-state index contributed by atoms with van der Waals surface area (Å²) in [7, 11) is 0. The maximum absolute atomic E-state index is 13.2. The molecule has 1 aromatic carbocycles. The molecule has 1 aliphatic heterocycles. The number of benzene rings is 1. The lowest BCUT2D eigenvalue weighted by Crippen LogP contribution is -2.29. The van der Waals surface area contributed by atoms with E-state index in [2.05, 4.69) is 20.2 Å². The standard InChI is InChI=1S/C23H29N5O2S2/c1-3-11-28-21(30)19-20(25-22(32-19)27-12-5-4-6-13-27)26-23(28)31-15-18(29)24-14-17-9-7-16(2)8-10-17/h7-10H,3-6,11-15H2,1-2H3,(H,24,29). The summed E-state index contributed by atoms with van der Waals surface area (Å²) in [4.78, 5) is 37.2. The molecule has 0 saturated carbocycles. The van der Waals surface area contributed by atoms with Crippen molar-refractivity contribution in [2.24, 2.45) is 0 Å². The zero-order valence-electron chi connectivity index (χ0n) is 18.6. The van der Waals surface area contributed by atoms with Gasteiger partial charge in [0.25, 0.3) is 5.56 Å². The minimum atomic E-state index is -0.0831. The Labute approximate surface area is 196 Å². The van der Waals surface area contributed by atoms with E-state index in [1.165, 1.54) is 35.1 Å². The molecular weight excluding hydrogens is 442 g/mol. The first kappa shape index (κ1) is 22.8. The summed E-state index contributed by atoms with van der Waals surface area (Å²) < 4.78 is 2.30. The highest BCUT2D eigenvalue weighted by Gasteiger charge is 2.20. The van der Waals surface area contributed by atoms with Crippen LogP contribution in [-0.2, 0) is 17.9 Å². The molecule has 1 aliphatic rings. The predicted octanol–water partition coefficient (Wildman–Crippen LogP) is 3.97. The molecule has 4 rings (SSSR count). The fraction of sp³-hybridized carbons (Fsp3) is 0.478. The van der Waals surface area contributed by atoms with Gasteiger partial charge in [0, 0.05) is 26.2 Å². The number of fused-ring (bicyclic) bond motifs is 1. The maximum atomic E-state index is 13.2. The Morgan fingerprint density at radius 1 is 1.16 bits per heavy atom. The number of hydrogen-bond donors (Lipinski definition) is 1. The summed E-state index contributed by atoms with van der Waals surface area (Å²) >= 11 is 2.74. The molecule has 3 aromatic rings. The lowest BCUT2D eigenvalue weighted by molar-refractivity contribution is -0.118. The normalized spacial score (nSPS) is 14.1. The van der Waals surface area contributed by atoms with E-state index in [0.717, 1.165) is 43.0 Å². The predicted molar refractivity (Wildman–Crippen MR) is 132 cm³/mol. The fourth-order valence-electron chi connectivity index (χ4n) is 3.72. The van der Waals surface area contributed by atoms with Crippen LogP contribution in [0.2, 0.25) is 0 Å². The third kappa shape index (κ3) is 5.32. The van der Waals surface area contributed by atoms with Crippen molar-refractivity contribution in [3.05, 3.63) is 45.7 Å². The van der Waals surface area contributed by atoms with Crippen molar-refractivity contribution in [2.75, 3.05) is 23.7 Å². The number of nitrogens with zero attached hydrogens (tertiary/aromatic N) is 4. The zero-order chi connectivity index (χ0) is 22.5. The summed E-state index contributed by atoms with van der Waals surface area (Å²) in [5, 5.41) is 4.38. The van der Waals surface area contributed by atoms with Gasteiger partial charge in [-0.3, -0.25) is 14.2 Å². The van der Waals surface area contributed by atoms with E-state index in [4.69, 9.17) is 0 Å². The number of hydrogen-bond acceptors (Lipinski definition) is 7. The SMILES string of the molecule is CCCn1c(SCC(=O)NCc2ccc(C)cc2)nc2nc(N3CCCCC3)sc2c1=O. The van der Waals surface area contributed by atoms with E-state index in [1.807, 2.05) is 38.1 Å². The van der Waals surface area contributed by atoms with Gasteiger partial charge < -0.3 is 10.2 Å². The molecule has 0 spiro atoms. The number of aromatic nitrogens is 3. The molecule has 7 nitrogen and oxygen atoms in total. The van der Waals surface area contributed by atoms with Gasteiger partial charge in [0.15, 0.2) is 15.9 Å². The minimum absolute atomic E-state index is 0.0554. The number of rotatable bonds is 8. The van der Waals surface area contributed by atoms with Gasteiger partial charge in [0.1, 0.15) is 4.70 Å². The number of anilines is 1. The van der Waals surface area contributed by atoms with Gasteiger partial charge >= 0.3 is 0 Å². The monoisotopic (exact) mass is 471 g/mol. The van der Waals surface area contributed by atoms with Crippen molar-refractivity contribution >= 4 is 44.5 Å². The van der Waals surface area contributed by atoms with Crippen molar-refractivity contribution in [3.63, 3.8) is 0 Å². The van der Waals surface area contributed by atoms with Crippen LogP contribution in [0, 0.1) is 6.92 Å². The average molecular weight is 472 g/mol. The molecule has 1 N–H and O–H groups in total. The van der Waals surface area contributed by atoms with Crippen molar-refractivity contribution in [1.29, 1.82) is 0 Å². The summed E-state index contributed by atoms with van der Waals surface area (Å²) in [5.74, 6) is 0.122. The molecule has 1 saturated heterocycles. The van der Waals surface area contributed by atoms with E-state index in [0.29, 0.717) is 28.6 Å². The Balaban J connectivity index is 1.48. The lowest BCUT2D eigenvalue weighted by Gasteiger charge is -2.25. The first-order valence-electron chi connectivity index (χ1n) is 11.2. The first-order chi connectivity index (χ1) is 15.5. The third-order valence-corrected chi connectivity index (χ3v) is 7.56. The third-order valence-electron chi connectivity index (χ3n) is 5.49. The number of thiazole rings is 1. The Bertz CT molecular complexity index is 1130. The van der Waals surface area contributed by atoms with E-state index in [-0.39, 0.29) is 17.2 Å². The van der Waals surface area contributed by atoms with Crippen molar-refractivity contribution < 1.29 is 4.79 Å². The lowest BCUT2D eigenvalue weighted by atomic mass is 10.1. The second-order valence-electron chi connectivity index (χ2n) is 8.10. The molecule has 2 aromatic heterocycles. The van der Waals surface area contributed by atoms with Gasteiger partial charge in [-0.05, 0) is 38.2 Å². The molecule has 0 bridgehead atoms. The molecule has 3 heterocycles. The highest BCUT2D eigenvalue weighted by molar-refractivity contribution is 7.99. The summed E-state index contributed by atoms with van der Waals surface area (Å²) in [6.45, 7) is 7.09. The first-order valence-corrected chi connectivity index (χ1v) is 13.0. The number of piperidine rings is 1. The van der Waals surface area contributed by atoms with Crippen LogP contribution in [-0.4, -0.2) is 39.3 Å². The largest absolute Gasteiger partial charge is 0.351 e. The van der Waals surface area contributed by atoms with Gasteiger partial charge in [-0.15, -0.1) is 0 Å². The number of aryl methyl sites for hydroxylation is 1. The maximum Gasteiger partial charge on any atom is 0.273 e. The van der Waals surface area contributed by atoms with E-state index in [1.54, 1.807) is 4.57 Å². The van der Waals surface area contributed by atoms with E-state index >= 15 is 0 Å². The molecular formula is C23H29N5O2S2. The van der Waals surface area contributed by atoms with Gasteiger partial charge in [-0.25, -0.2) is 4.98 Å². The number of carbonyl (C=O) groups excluding carboxylic acids is 1. The van der Waals surface area contributed by atoms with Crippen LogP contribution in [0.15, 0.2) is 34.2 Å². The van der Waals surface area contributed by atoms with Crippen LogP contribution in [0.4, 0.5) is 5.13 Å². The molecule has 0 atom stereocenters. The van der Waals surface area contributed by atoms with Crippen molar-refractivity contribution in [3.8, 4) is 0 Å². The number of thioether (sulfide) groups is 1. The van der Waals surface area contributed by atoms with Gasteiger partial charge in [0.2, 0.25) is 5.91 Å². The number of nitrogens with one attached hydrogen (secondary N) is 1. The Morgan fingerprint density at radius 2 is 1.91 bits per heavy atom. The second kappa shape index (κ2) is 10.5. The van der Waals surface area contributed by atoms with Crippen LogP contribution in [0.1, 0.15) is 43.7 Å². The van der Waals surface area contributed by atoms with Gasteiger partial charge in [-0.1, -0.05) is 59.9 Å². The molecule has 32 heavy (non-hydrogen) atoms. The molecule has 0 aliphatic carbocycles. The topological polar surface area (TPSA) is 80.1 Å². The molecule has 9 heteroatoms. The minimum Gasteiger partial charge on any atom is -0.351 e. The van der Waals surface area contributed by atoms with Crippen LogP contribution in [0.3, 0.4) is 0 Å². The molecule has 0 radical (unpaired) electrons. The van der Waals surface area contributed by atoms with Crippen molar-refractivity contribution in [2.45, 2.75) is 57.8 Å². The highest BCUT2D eigenvalue weighted by Crippen LogP contribution is 2.29. The Kier molecular flexibility index (Phi) is 7.47. The highest BCUT2D eigenvalue weighted by atomic mass is 32.2. The van der Waals surface area contributed by atoms with Gasteiger partial charge in [-0.2, -0.15) is 4.98 Å². The van der Waals surface area contributed by atoms with Crippen LogP contribution < -0.4 is 15.8 Å². The molecule has 1 fully saturated rings. The average Bonchev–Trinajstić information content (AvgIpc) is 3.24. The molecule has 1 amide bonds. The molecule has 0 unspecified atom stereocenters. The Morgan fingerprint density at radius 3 is 2.62 bits per heavy atom. The second-order valence-corrected chi connectivity index (χ2v) is 10.0. The zero-order valence-corrected chi connectivity index (χ0v) is 20.2. The smallest absolute Gasteiger partial charge is 0.273 e. The van der Waals surface area contributed by atoms with Crippen LogP contribution in [0.5, 0.6) is 0 Å².